The second-order valence-electron chi connectivity index (χ2n) is 3.19. The Kier molecular flexibility index (Phi) is 4.09. The molecular weight excluding hydrogens is 189 g/mol. The van der Waals surface area contributed by atoms with Gasteiger partial charge in [0.25, 0.3) is 0 Å². The van der Waals surface area contributed by atoms with Gasteiger partial charge in [-0.05, 0) is 19.8 Å². The molecule has 1 aliphatic heterocycles. The minimum Gasteiger partial charge on any atom is -0.426 e. The lowest BCUT2D eigenvalue weighted by Gasteiger charge is -2.25. The molecule has 2 N–H and O–H groups in total. The molecule has 1 rings (SSSR count). The molecular formula is C7H14BNO3S. The van der Waals surface area contributed by atoms with Crippen LogP contribution in [0.2, 0.25) is 0 Å². The van der Waals surface area contributed by atoms with E-state index in [0.29, 0.717) is 6.61 Å². The third-order valence-electron chi connectivity index (χ3n) is 2.00. The maximum Gasteiger partial charge on any atom is 0.478 e. The Morgan fingerprint density at radius 2 is 2.54 bits per heavy atom. The molecule has 2 unspecified atom stereocenters. The predicted molar refractivity (Wildman–Crippen MR) is 53.5 cm³/mol. The van der Waals surface area contributed by atoms with E-state index in [1.807, 2.05) is 0 Å². The molecule has 1 amide bonds. The summed E-state index contributed by atoms with van der Waals surface area (Å²) in [4.78, 5) is 11.2. The zero-order chi connectivity index (χ0) is 9.84. The summed E-state index contributed by atoms with van der Waals surface area (Å²) in [6.45, 7) is 2.25. The largest absolute Gasteiger partial charge is 0.478 e. The molecule has 1 saturated heterocycles. The fraction of sp³-hybridized carbons (Fsp3) is 0.857. The topological polar surface area (TPSA) is 58.6 Å². The van der Waals surface area contributed by atoms with E-state index in [9.17, 15) is 9.82 Å². The fourth-order valence-electron chi connectivity index (χ4n) is 1.21. The predicted octanol–water partition coefficient (Wildman–Crippen LogP) is -0.380. The lowest BCUT2D eigenvalue weighted by Crippen LogP contribution is -2.51. The Bertz CT molecular complexity index is 191. The standard InChI is InChI=1S/C7H14BNO3S/c1-5(13)7(10)9-6-3-2-4-12-8(6)11/h5-6,11,13H,2-4H2,1H3,(H,9,10). The van der Waals surface area contributed by atoms with Crippen molar-refractivity contribution < 1.29 is 14.5 Å². The third-order valence-corrected chi connectivity index (χ3v) is 2.23. The molecule has 0 bridgehead atoms. The smallest absolute Gasteiger partial charge is 0.426 e. The minimum absolute atomic E-state index is 0.169. The number of amides is 1. The average molecular weight is 203 g/mol. The quantitative estimate of drug-likeness (QED) is 0.423. The van der Waals surface area contributed by atoms with Crippen LogP contribution in [0.3, 0.4) is 0 Å². The number of carbonyl (C=O) groups excluding carboxylic acids is 1. The molecule has 74 valence electrons. The van der Waals surface area contributed by atoms with E-state index < -0.39 is 7.12 Å². The van der Waals surface area contributed by atoms with Crippen molar-refractivity contribution in [2.24, 2.45) is 0 Å². The maximum atomic E-state index is 11.2. The van der Waals surface area contributed by atoms with Crippen LogP contribution >= 0.6 is 12.6 Å². The highest BCUT2D eigenvalue weighted by Gasteiger charge is 2.31. The molecule has 4 nitrogen and oxygen atoms in total. The van der Waals surface area contributed by atoms with Gasteiger partial charge in [-0.25, -0.2) is 0 Å². The second-order valence-corrected chi connectivity index (χ2v) is 3.97. The van der Waals surface area contributed by atoms with E-state index >= 15 is 0 Å². The van der Waals surface area contributed by atoms with E-state index in [1.54, 1.807) is 6.92 Å². The molecule has 1 heterocycles. The average Bonchev–Trinajstić information content (AvgIpc) is 2.08. The van der Waals surface area contributed by atoms with Crippen LogP contribution < -0.4 is 5.32 Å². The number of nitrogens with one attached hydrogen (secondary N) is 1. The van der Waals surface area contributed by atoms with Gasteiger partial charge in [-0.3, -0.25) is 4.79 Å². The van der Waals surface area contributed by atoms with Gasteiger partial charge in [0.1, 0.15) is 0 Å². The van der Waals surface area contributed by atoms with Gasteiger partial charge in [-0.1, -0.05) is 0 Å². The highest BCUT2D eigenvalue weighted by atomic mass is 32.1. The molecule has 0 radical (unpaired) electrons. The summed E-state index contributed by atoms with van der Waals surface area (Å²) in [7, 11) is -0.871. The zero-order valence-corrected chi connectivity index (χ0v) is 8.46. The molecule has 0 aromatic heterocycles. The van der Waals surface area contributed by atoms with E-state index in [-0.39, 0.29) is 17.1 Å². The van der Waals surface area contributed by atoms with Crippen molar-refractivity contribution in [1.29, 1.82) is 0 Å². The first kappa shape index (κ1) is 10.9. The monoisotopic (exact) mass is 203 g/mol. The normalized spacial score (nSPS) is 25.5. The summed E-state index contributed by atoms with van der Waals surface area (Å²) in [6, 6.07) is 0. The van der Waals surface area contributed by atoms with Gasteiger partial charge in [0.15, 0.2) is 0 Å². The summed E-state index contributed by atoms with van der Waals surface area (Å²) in [5.74, 6) is -0.450. The fourth-order valence-corrected chi connectivity index (χ4v) is 1.29. The summed E-state index contributed by atoms with van der Waals surface area (Å²) in [5.41, 5.74) is 0. The van der Waals surface area contributed by atoms with E-state index in [2.05, 4.69) is 17.9 Å². The van der Waals surface area contributed by atoms with Gasteiger partial charge in [0.05, 0.1) is 11.2 Å². The van der Waals surface area contributed by atoms with E-state index in [1.165, 1.54) is 0 Å². The van der Waals surface area contributed by atoms with Crippen LogP contribution in [0.15, 0.2) is 0 Å². The van der Waals surface area contributed by atoms with Crippen molar-refractivity contribution in [3.63, 3.8) is 0 Å². The van der Waals surface area contributed by atoms with Gasteiger partial charge in [0.2, 0.25) is 5.91 Å². The number of carbonyl (C=O) groups is 1. The Labute approximate surface area is 83.6 Å². The second kappa shape index (κ2) is 4.88. The van der Waals surface area contributed by atoms with E-state index in [0.717, 1.165) is 12.8 Å². The molecule has 0 saturated carbocycles. The summed E-state index contributed by atoms with van der Waals surface area (Å²) < 4.78 is 4.99. The van der Waals surface area contributed by atoms with Gasteiger partial charge < -0.3 is 15.0 Å². The Morgan fingerprint density at radius 3 is 3.08 bits per heavy atom. The molecule has 1 fully saturated rings. The molecule has 0 spiro atoms. The van der Waals surface area contributed by atoms with Crippen LogP contribution in [0.1, 0.15) is 19.8 Å². The van der Waals surface area contributed by atoms with Crippen molar-refractivity contribution in [2.75, 3.05) is 6.61 Å². The third kappa shape index (κ3) is 3.21. The first-order valence-corrected chi connectivity index (χ1v) is 4.91. The minimum atomic E-state index is -0.871. The highest BCUT2D eigenvalue weighted by molar-refractivity contribution is 7.81. The molecule has 0 aromatic rings. The van der Waals surface area contributed by atoms with Crippen molar-refractivity contribution in [1.82, 2.24) is 5.32 Å². The first-order valence-electron chi connectivity index (χ1n) is 4.39. The van der Waals surface area contributed by atoms with E-state index in [4.69, 9.17) is 4.65 Å². The molecule has 2 atom stereocenters. The Morgan fingerprint density at radius 1 is 1.85 bits per heavy atom. The number of thiol groups is 1. The first-order chi connectivity index (χ1) is 6.11. The van der Waals surface area contributed by atoms with Gasteiger partial charge in [-0.2, -0.15) is 12.6 Å². The molecule has 1 aliphatic rings. The maximum absolute atomic E-state index is 11.2. The van der Waals surface area contributed by atoms with Crippen molar-refractivity contribution >= 4 is 25.7 Å². The van der Waals surface area contributed by atoms with Crippen LogP contribution in [0, 0.1) is 0 Å². The van der Waals surface area contributed by atoms with Crippen LogP contribution in [-0.2, 0) is 9.45 Å². The summed E-state index contributed by atoms with van der Waals surface area (Å²) >= 11 is 3.99. The molecule has 13 heavy (non-hydrogen) atoms. The summed E-state index contributed by atoms with van der Waals surface area (Å²) in [5, 5.41) is 11.7. The lowest BCUT2D eigenvalue weighted by atomic mass is 9.74. The van der Waals surface area contributed by atoms with Gasteiger partial charge in [-0.15, -0.1) is 0 Å². The van der Waals surface area contributed by atoms with Crippen molar-refractivity contribution in [3.05, 3.63) is 0 Å². The van der Waals surface area contributed by atoms with Crippen LogP contribution in [0.5, 0.6) is 0 Å². The number of hydrogen-bond acceptors (Lipinski definition) is 4. The molecule has 0 aliphatic carbocycles. The number of hydrogen-bond donors (Lipinski definition) is 3. The van der Waals surface area contributed by atoms with Crippen LogP contribution in [-0.4, -0.2) is 35.8 Å². The number of rotatable bonds is 2. The SMILES string of the molecule is CC(S)C(=O)NC1CCCOB1O. The highest BCUT2D eigenvalue weighted by Crippen LogP contribution is 2.09. The van der Waals surface area contributed by atoms with Gasteiger partial charge >= 0.3 is 7.12 Å². The Balaban J connectivity index is 2.38. The van der Waals surface area contributed by atoms with Crippen molar-refractivity contribution in [2.45, 2.75) is 31.0 Å². The van der Waals surface area contributed by atoms with Gasteiger partial charge in [0, 0.05) is 6.61 Å². The molecule has 0 aromatic carbocycles. The summed E-state index contributed by atoms with van der Waals surface area (Å²) in [6.07, 6.45) is 1.62. The zero-order valence-electron chi connectivity index (χ0n) is 7.56. The van der Waals surface area contributed by atoms with Crippen LogP contribution in [0.25, 0.3) is 0 Å². The van der Waals surface area contributed by atoms with Crippen LogP contribution in [0.4, 0.5) is 0 Å². The van der Waals surface area contributed by atoms with Crippen molar-refractivity contribution in [3.8, 4) is 0 Å². The lowest BCUT2D eigenvalue weighted by molar-refractivity contribution is -0.120. The Hall–Kier alpha value is -0.195. The molecule has 6 heteroatoms.